The van der Waals surface area contributed by atoms with Gasteiger partial charge in [-0.2, -0.15) is 0 Å². The molecule has 4 nitrogen and oxygen atoms in total. The second-order valence-electron chi connectivity index (χ2n) is 3.75. The summed E-state index contributed by atoms with van der Waals surface area (Å²) in [5.74, 6) is 1.07. The van der Waals surface area contributed by atoms with E-state index in [1.54, 1.807) is 6.26 Å². The van der Waals surface area contributed by atoms with E-state index in [4.69, 9.17) is 4.42 Å². The van der Waals surface area contributed by atoms with E-state index in [1.807, 2.05) is 17.0 Å². The molecule has 4 heteroatoms. The number of amides is 1. The van der Waals surface area contributed by atoms with Crippen molar-refractivity contribution in [2.75, 3.05) is 19.6 Å². The third kappa shape index (κ3) is 2.83. The van der Waals surface area contributed by atoms with Crippen molar-refractivity contribution >= 4 is 5.91 Å². The quantitative estimate of drug-likeness (QED) is 0.788. The zero-order valence-electron chi connectivity index (χ0n) is 8.74. The van der Waals surface area contributed by atoms with Crippen LogP contribution in [-0.2, 0) is 11.3 Å². The monoisotopic (exact) mass is 208 g/mol. The van der Waals surface area contributed by atoms with Crippen molar-refractivity contribution in [3.63, 3.8) is 0 Å². The van der Waals surface area contributed by atoms with E-state index in [1.165, 1.54) is 0 Å². The van der Waals surface area contributed by atoms with Gasteiger partial charge in [-0.05, 0) is 25.1 Å². The van der Waals surface area contributed by atoms with Crippen LogP contribution < -0.4 is 5.32 Å². The molecule has 15 heavy (non-hydrogen) atoms. The Labute approximate surface area is 89.2 Å². The lowest BCUT2D eigenvalue weighted by atomic mass is 10.2. The highest BCUT2D eigenvalue weighted by atomic mass is 16.3. The topological polar surface area (TPSA) is 45.5 Å². The second-order valence-corrected chi connectivity index (χ2v) is 3.75. The third-order valence-corrected chi connectivity index (χ3v) is 2.58. The van der Waals surface area contributed by atoms with E-state index < -0.39 is 0 Å². The molecule has 1 fully saturated rings. The fourth-order valence-corrected chi connectivity index (χ4v) is 1.76. The Balaban J connectivity index is 1.95. The molecule has 1 aliphatic rings. The van der Waals surface area contributed by atoms with Gasteiger partial charge < -0.3 is 14.6 Å². The van der Waals surface area contributed by atoms with Gasteiger partial charge in [-0.1, -0.05) is 0 Å². The zero-order chi connectivity index (χ0) is 10.5. The van der Waals surface area contributed by atoms with Crippen LogP contribution >= 0.6 is 0 Å². The summed E-state index contributed by atoms with van der Waals surface area (Å²) < 4.78 is 5.25. The summed E-state index contributed by atoms with van der Waals surface area (Å²) in [5.41, 5.74) is 0. The highest BCUT2D eigenvalue weighted by molar-refractivity contribution is 5.76. The molecule has 0 saturated carbocycles. The number of hydrogen-bond donors (Lipinski definition) is 1. The lowest BCUT2D eigenvalue weighted by Crippen LogP contribution is -2.37. The molecule has 1 aliphatic heterocycles. The molecule has 1 saturated heterocycles. The van der Waals surface area contributed by atoms with Crippen LogP contribution in [0, 0.1) is 0 Å². The molecular weight excluding hydrogens is 192 g/mol. The summed E-state index contributed by atoms with van der Waals surface area (Å²) >= 11 is 0. The van der Waals surface area contributed by atoms with Crippen molar-refractivity contribution in [3.05, 3.63) is 24.2 Å². The molecular formula is C11H16N2O2. The van der Waals surface area contributed by atoms with Crippen molar-refractivity contribution in [1.82, 2.24) is 10.2 Å². The molecule has 2 heterocycles. The zero-order valence-corrected chi connectivity index (χ0v) is 8.74. The minimum atomic E-state index is 0.207. The van der Waals surface area contributed by atoms with Gasteiger partial charge in [-0.15, -0.1) is 0 Å². The van der Waals surface area contributed by atoms with E-state index in [0.717, 1.165) is 31.8 Å². The fraction of sp³-hybridized carbons (Fsp3) is 0.545. The average molecular weight is 208 g/mol. The maximum atomic E-state index is 11.7. The van der Waals surface area contributed by atoms with Crippen LogP contribution in [0.2, 0.25) is 0 Å². The van der Waals surface area contributed by atoms with E-state index in [9.17, 15) is 4.79 Å². The molecule has 1 aromatic rings. The molecule has 1 N–H and O–H groups in total. The first-order chi connectivity index (χ1) is 7.36. The number of nitrogens with zero attached hydrogens (tertiary/aromatic N) is 1. The van der Waals surface area contributed by atoms with Crippen LogP contribution in [0.15, 0.2) is 22.8 Å². The van der Waals surface area contributed by atoms with Gasteiger partial charge in [0.25, 0.3) is 0 Å². The minimum absolute atomic E-state index is 0.207. The second kappa shape index (κ2) is 4.98. The van der Waals surface area contributed by atoms with Crippen molar-refractivity contribution in [2.45, 2.75) is 19.4 Å². The van der Waals surface area contributed by atoms with Crippen LogP contribution in [0.4, 0.5) is 0 Å². The molecule has 0 atom stereocenters. The number of carbonyl (C=O) groups excluding carboxylic acids is 1. The molecule has 82 valence electrons. The van der Waals surface area contributed by atoms with Crippen LogP contribution in [-0.4, -0.2) is 30.4 Å². The molecule has 0 spiro atoms. The normalized spacial score (nSPS) is 18.7. The molecule has 2 rings (SSSR count). The predicted octanol–water partition coefficient (Wildman–Crippen LogP) is 0.992. The van der Waals surface area contributed by atoms with Crippen molar-refractivity contribution in [1.29, 1.82) is 0 Å². The summed E-state index contributed by atoms with van der Waals surface area (Å²) in [6.45, 7) is 3.19. The third-order valence-electron chi connectivity index (χ3n) is 2.58. The number of rotatable bonds is 2. The van der Waals surface area contributed by atoms with Gasteiger partial charge in [-0.25, -0.2) is 0 Å². The number of furan rings is 1. The molecule has 0 aromatic carbocycles. The van der Waals surface area contributed by atoms with E-state index >= 15 is 0 Å². The predicted molar refractivity (Wildman–Crippen MR) is 56.2 cm³/mol. The molecule has 0 unspecified atom stereocenters. The first kappa shape index (κ1) is 10.2. The van der Waals surface area contributed by atoms with Crippen molar-refractivity contribution < 1.29 is 9.21 Å². The fourth-order valence-electron chi connectivity index (χ4n) is 1.76. The number of carbonyl (C=O) groups is 1. The summed E-state index contributed by atoms with van der Waals surface area (Å²) in [5, 5.41) is 3.23. The smallest absolute Gasteiger partial charge is 0.224 e. The van der Waals surface area contributed by atoms with Gasteiger partial charge >= 0.3 is 0 Å². The standard InChI is InChI=1S/C11H16N2O2/c14-11-4-6-12-5-2-7-13(11)9-10-3-1-8-15-10/h1,3,8,12H,2,4-7,9H2. The number of hydrogen-bond acceptors (Lipinski definition) is 3. The van der Waals surface area contributed by atoms with Crippen LogP contribution in [0.3, 0.4) is 0 Å². The Morgan fingerprint density at radius 2 is 2.40 bits per heavy atom. The summed E-state index contributed by atoms with van der Waals surface area (Å²) in [6, 6.07) is 3.76. The summed E-state index contributed by atoms with van der Waals surface area (Å²) in [4.78, 5) is 13.6. The van der Waals surface area contributed by atoms with Crippen LogP contribution in [0.25, 0.3) is 0 Å². The SMILES string of the molecule is O=C1CCNCCCN1Cc1ccco1. The molecule has 1 amide bonds. The lowest BCUT2D eigenvalue weighted by molar-refractivity contribution is -0.132. The Hall–Kier alpha value is -1.29. The Bertz CT molecular complexity index is 308. The van der Waals surface area contributed by atoms with Gasteiger partial charge in [0.1, 0.15) is 5.76 Å². The molecule has 0 radical (unpaired) electrons. The Kier molecular flexibility index (Phi) is 3.40. The van der Waals surface area contributed by atoms with Gasteiger partial charge in [0, 0.05) is 19.5 Å². The Morgan fingerprint density at radius 3 is 3.20 bits per heavy atom. The first-order valence-electron chi connectivity index (χ1n) is 5.37. The number of nitrogens with one attached hydrogen (secondary N) is 1. The summed E-state index contributed by atoms with van der Waals surface area (Å²) in [7, 11) is 0. The van der Waals surface area contributed by atoms with Gasteiger partial charge in [-0.3, -0.25) is 4.79 Å². The minimum Gasteiger partial charge on any atom is -0.467 e. The first-order valence-corrected chi connectivity index (χ1v) is 5.37. The van der Waals surface area contributed by atoms with E-state index in [-0.39, 0.29) is 5.91 Å². The van der Waals surface area contributed by atoms with Crippen LogP contribution in [0.1, 0.15) is 18.6 Å². The maximum Gasteiger partial charge on any atom is 0.224 e. The van der Waals surface area contributed by atoms with Gasteiger partial charge in [0.05, 0.1) is 12.8 Å². The van der Waals surface area contributed by atoms with Crippen LogP contribution in [0.5, 0.6) is 0 Å². The van der Waals surface area contributed by atoms with Crippen molar-refractivity contribution in [2.24, 2.45) is 0 Å². The van der Waals surface area contributed by atoms with Crippen molar-refractivity contribution in [3.8, 4) is 0 Å². The lowest BCUT2D eigenvalue weighted by Gasteiger charge is -2.24. The maximum absolute atomic E-state index is 11.7. The van der Waals surface area contributed by atoms with E-state index in [2.05, 4.69) is 5.32 Å². The Morgan fingerprint density at radius 1 is 1.47 bits per heavy atom. The average Bonchev–Trinajstić information content (AvgIpc) is 2.70. The molecule has 1 aromatic heterocycles. The highest BCUT2D eigenvalue weighted by Crippen LogP contribution is 2.08. The molecule has 0 bridgehead atoms. The highest BCUT2D eigenvalue weighted by Gasteiger charge is 2.16. The summed E-state index contributed by atoms with van der Waals surface area (Å²) in [6.07, 6.45) is 3.23. The van der Waals surface area contributed by atoms with E-state index in [0.29, 0.717) is 13.0 Å². The molecule has 0 aliphatic carbocycles. The largest absolute Gasteiger partial charge is 0.467 e. The van der Waals surface area contributed by atoms with Gasteiger partial charge in [0.2, 0.25) is 5.91 Å². The van der Waals surface area contributed by atoms with Gasteiger partial charge in [0.15, 0.2) is 0 Å².